The van der Waals surface area contributed by atoms with Crippen molar-refractivity contribution in [1.29, 1.82) is 0 Å². The molecule has 9 heteroatoms. The van der Waals surface area contributed by atoms with Crippen molar-refractivity contribution in [1.82, 2.24) is 9.97 Å². The van der Waals surface area contributed by atoms with Gasteiger partial charge in [0.15, 0.2) is 0 Å². The molecule has 0 fully saturated rings. The number of ether oxygens (including phenoxy) is 1. The van der Waals surface area contributed by atoms with Crippen LogP contribution in [0.25, 0.3) is 0 Å². The zero-order valence-corrected chi connectivity index (χ0v) is 66.4. The summed E-state index contributed by atoms with van der Waals surface area (Å²) >= 11 is -1.84. The molecule has 6 aromatic carbocycles. The molecule has 0 unspecified atom stereocenters. The first-order chi connectivity index (χ1) is 42.3. The normalized spacial score (nSPS) is 11.7. The van der Waals surface area contributed by atoms with Crippen LogP contribution in [0.3, 0.4) is 0 Å². The summed E-state index contributed by atoms with van der Waals surface area (Å²) in [6.07, 6.45) is 7.00. The second-order valence-electron chi connectivity index (χ2n) is 29.9. The fourth-order valence-electron chi connectivity index (χ4n) is 9.82. The minimum Gasteiger partial charge on any atom is -0.670 e. The van der Waals surface area contributed by atoms with Crippen LogP contribution in [0.1, 0.15) is 251 Å². The van der Waals surface area contributed by atoms with E-state index in [-0.39, 0.29) is 32.5 Å². The van der Waals surface area contributed by atoms with E-state index >= 15 is 0 Å². The molecule has 0 aliphatic carbocycles. The van der Waals surface area contributed by atoms with Gasteiger partial charge in [-0.05, 0) is 51.8 Å². The molecular formula is C82H114N4O3W2-2. The summed E-state index contributed by atoms with van der Waals surface area (Å²) in [6.45, 7) is 54.8. The number of benzene rings is 6. The first-order valence-corrected chi connectivity index (χ1v) is 38.4. The van der Waals surface area contributed by atoms with E-state index in [9.17, 15) is 10.2 Å². The van der Waals surface area contributed by atoms with E-state index in [4.69, 9.17) is 11.7 Å². The van der Waals surface area contributed by atoms with Crippen molar-refractivity contribution >= 4 is 20.2 Å². The first-order valence-electron chi connectivity index (χ1n) is 32.3. The van der Waals surface area contributed by atoms with E-state index < -0.39 is 35.8 Å². The Balaban J connectivity index is 0.000000304. The number of hydrogen-bond donors (Lipinski definition) is 2. The number of methoxy groups -OCH3 is 1. The Kier molecular flexibility index (Phi) is 31.2. The van der Waals surface area contributed by atoms with Crippen LogP contribution in [0.2, 0.25) is 0 Å². The maximum Gasteiger partial charge on any atom is 0.123 e. The summed E-state index contributed by atoms with van der Waals surface area (Å²) in [6, 6.07) is 50.5. The molecule has 0 amide bonds. The van der Waals surface area contributed by atoms with E-state index in [1.54, 1.807) is 31.9 Å². The molecule has 0 aliphatic rings. The van der Waals surface area contributed by atoms with Crippen LogP contribution in [0, 0.1) is 6.92 Å². The molecule has 8 rings (SSSR count). The molecule has 0 atom stereocenters. The van der Waals surface area contributed by atoms with Crippen LogP contribution >= 0.6 is 0 Å². The standard InChI is InChI=1S/C15H24O2.C15H24O.2C12H17N.2C10H12.2C4H4N.2W/c1-14(2,3)11-8-10(17-7)9-12(13(11)16)15(4,5)6;1-10-8-11(14(2,3)4)13(16)12(9-10)15(5,6)7;2*1-8(2)10-6-5-7-11(9(3)4)12(10)13;2*1-10(2,3)9-7-5-4-6-8-9;2*1-2-4-5-3-1;;/h8-9,16H,1-7H3;8-9,16H,1-7H3;2*5-9H,1-4H3;2*1,4-8H,2-3H3;2*1-4H;;/q;;;;;;2*-1;;. The van der Waals surface area contributed by atoms with Crippen molar-refractivity contribution in [3.8, 4) is 17.2 Å². The monoisotopic (exact) mass is 1570 g/mol. The van der Waals surface area contributed by atoms with Gasteiger partial charge in [0.1, 0.15) is 17.2 Å². The number of hydrogen-bond acceptors (Lipinski definition) is 5. The summed E-state index contributed by atoms with van der Waals surface area (Å²) in [5.74, 6) is 3.73. The van der Waals surface area contributed by atoms with Crippen LogP contribution in [-0.4, -0.2) is 26.1 Å². The maximum atomic E-state index is 10.4. The van der Waals surface area contributed by atoms with Gasteiger partial charge in [0.05, 0.1) is 7.11 Å². The SMILES string of the molecule is CC(C)c1cccc(C(C)C)c1[N]=[W]=[CH]C(C)(C)c1ccccc1.CC(C)c1cccc(C(C)C)c1[N]=[W]=[CH]C(C)(C)c1ccccc1.COc1cc(C(C)(C)C)c(O)c(C(C)(C)C)c1.Cc1cc(C(C)(C)C)c(O)c(C(C)(C)C)c1.c1cc[n-]c1.c1cc[n-]c1. The minimum absolute atomic E-state index is 0.0178. The first kappa shape index (κ1) is 79.2. The third kappa shape index (κ3) is 25.8. The molecule has 2 aromatic heterocycles. The van der Waals surface area contributed by atoms with Gasteiger partial charge < -0.3 is 24.9 Å². The van der Waals surface area contributed by atoms with Crippen LogP contribution in [-0.2, 0) is 68.3 Å². The molecular weight excluding hydrogens is 1460 g/mol. The molecule has 8 aromatic rings. The fourth-order valence-corrected chi connectivity index (χ4v) is 15.3. The van der Waals surface area contributed by atoms with Gasteiger partial charge in [-0.3, -0.25) is 0 Å². The largest absolute Gasteiger partial charge is 0.670 e. The van der Waals surface area contributed by atoms with E-state index in [1.165, 1.54) is 50.3 Å². The second kappa shape index (κ2) is 35.9. The Morgan fingerprint density at radius 3 is 0.868 bits per heavy atom. The van der Waals surface area contributed by atoms with E-state index in [2.05, 4.69) is 301 Å². The van der Waals surface area contributed by atoms with Crippen LogP contribution in [0.4, 0.5) is 11.4 Å². The molecule has 0 aliphatic heterocycles. The quantitative estimate of drug-likeness (QED) is 0.134. The number of phenols is 2. The number of aryl methyl sites for hydroxylation is 1. The number of rotatable bonds is 11. The number of nitrogens with zero attached hydrogens (tertiary/aromatic N) is 4. The summed E-state index contributed by atoms with van der Waals surface area (Å²) in [4.78, 5) is 7.44. The van der Waals surface area contributed by atoms with Crippen molar-refractivity contribution in [3.63, 3.8) is 0 Å². The molecule has 2 N–H and O–H groups in total. The van der Waals surface area contributed by atoms with Crippen molar-refractivity contribution in [3.05, 3.63) is 232 Å². The molecule has 0 spiro atoms. The van der Waals surface area contributed by atoms with Crippen LogP contribution in [0.15, 0.2) is 177 Å². The van der Waals surface area contributed by atoms with Gasteiger partial charge in [0.2, 0.25) is 0 Å². The zero-order chi connectivity index (χ0) is 68.7. The van der Waals surface area contributed by atoms with Gasteiger partial charge in [0.25, 0.3) is 0 Å². The zero-order valence-electron chi connectivity index (χ0n) is 60.5. The number of aromatic nitrogens is 2. The molecule has 0 bridgehead atoms. The van der Waals surface area contributed by atoms with Gasteiger partial charge in [-0.15, -0.1) is 0 Å². The van der Waals surface area contributed by atoms with Crippen molar-refractivity contribution in [2.75, 3.05) is 7.11 Å². The fraction of sp³-hybridized carbons (Fsp3) is 0.439. The summed E-state index contributed by atoms with van der Waals surface area (Å²) in [5.41, 5.74) is 16.0. The van der Waals surface area contributed by atoms with E-state index in [1.807, 2.05) is 36.4 Å². The number of phenolic OH excluding ortho intramolecular Hbond substituents is 2. The van der Waals surface area contributed by atoms with Crippen LogP contribution in [0.5, 0.6) is 17.2 Å². The van der Waals surface area contributed by atoms with Crippen molar-refractivity contribution < 1.29 is 50.8 Å². The van der Waals surface area contributed by atoms with Crippen molar-refractivity contribution in [2.24, 2.45) is 6.99 Å². The molecule has 0 saturated carbocycles. The number of aromatic hydroxyl groups is 2. The van der Waals surface area contributed by atoms with Gasteiger partial charge in [-0.1, -0.05) is 125 Å². The molecule has 494 valence electrons. The molecule has 7 nitrogen and oxygen atoms in total. The third-order valence-electron chi connectivity index (χ3n) is 15.4. The molecule has 91 heavy (non-hydrogen) atoms. The van der Waals surface area contributed by atoms with Crippen molar-refractivity contribution in [2.45, 2.75) is 229 Å². The Bertz CT molecular complexity index is 3240. The van der Waals surface area contributed by atoms with E-state index in [0.717, 1.165) is 28.0 Å². The Morgan fingerprint density at radius 2 is 0.648 bits per heavy atom. The Morgan fingerprint density at radius 1 is 0.385 bits per heavy atom. The maximum absolute atomic E-state index is 10.4. The second-order valence-corrected chi connectivity index (χ2v) is 34.5. The van der Waals surface area contributed by atoms with E-state index in [0.29, 0.717) is 35.2 Å². The topological polar surface area (TPSA) is 103 Å². The average molecular weight is 1570 g/mol. The molecule has 0 radical (unpaired) electrons. The Hall–Kier alpha value is -6.00. The predicted octanol–water partition coefficient (Wildman–Crippen LogP) is 22.8. The smallest absolute Gasteiger partial charge is 0.123 e. The van der Waals surface area contributed by atoms with Gasteiger partial charge in [-0.2, -0.15) is 24.8 Å². The van der Waals surface area contributed by atoms with Crippen LogP contribution < -0.4 is 14.7 Å². The Labute approximate surface area is 569 Å². The average Bonchev–Trinajstić information content (AvgIpc) is 2.32. The summed E-state index contributed by atoms with van der Waals surface area (Å²) in [7, 11) is 1.66. The van der Waals surface area contributed by atoms with Gasteiger partial charge in [-0.25, -0.2) is 0 Å². The molecule has 0 saturated heterocycles. The van der Waals surface area contributed by atoms with Gasteiger partial charge >= 0.3 is 311 Å². The third-order valence-corrected chi connectivity index (χ3v) is 22.5. The minimum atomic E-state index is -0.918. The summed E-state index contributed by atoms with van der Waals surface area (Å²) in [5, 5.41) is 20.8. The summed E-state index contributed by atoms with van der Waals surface area (Å²) < 4.78 is 20.6. The molecule has 2 heterocycles. The predicted molar refractivity (Wildman–Crippen MR) is 386 cm³/mol. The van der Waals surface area contributed by atoms with Gasteiger partial charge in [0, 0.05) is 11.1 Å².